The van der Waals surface area contributed by atoms with E-state index in [0.717, 1.165) is 38.5 Å². The van der Waals surface area contributed by atoms with E-state index in [1.54, 1.807) is 0 Å². The Labute approximate surface area is 108 Å². The number of esters is 2. The fourth-order valence-electron chi connectivity index (χ4n) is 3.57. The van der Waals surface area contributed by atoms with Crippen LogP contribution in [0.4, 0.5) is 0 Å². The zero-order valence-corrected chi connectivity index (χ0v) is 11.2. The van der Waals surface area contributed by atoms with Crippen molar-refractivity contribution in [3.63, 3.8) is 0 Å². The lowest BCUT2D eigenvalue weighted by molar-refractivity contribution is -0.151. The second-order valence-electron chi connectivity index (χ2n) is 5.60. The predicted molar refractivity (Wildman–Crippen MR) is 65.7 cm³/mol. The highest BCUT2D eigenvalue weighted by Gasteiger charge is 2.38. The number of hydrogen-bond acceptors (Lipinski definition) is 4. The Hall–Kier alpha value is -1.06. The van der Waals surface area contributed by atoms with Gasteiger partial charge in [-0.05, 0) is 50.4 Å². The highest BCUT2D eigenvalue weighted by molar-refractivity contribution is 5.72. The average molecular weight is 254 g/mol. The van der Waals surface area contributed by atoms with E-state index in [1.165, 1.54) is 14.0 Å². The minimum Gasteiger partial charge on any atom is -0.469 e. The molecule has 0 spiro atoms. The van der Waals surface area contributed by atoms with Crippen molar-refractivity contribution >= 4 is 11.9 Å². The highest BCUT2D eigenvalue weighted by atomic mass is 16.5. The molecule has 0 N–H and O–H groups in total. The normalized spacial score (nSPS) is 35.4. The Morgan fingerprint density at radius 2 is 1.67 bits per heavy atom. The first-order valence-corrected chi connectivity index (χ1v) is 6.85. The quantitative estimate of drug-likeness (QED) is 0.710. The van der Waals surface area contributed by atoms with Gasteiger partial charge in [-0.3, -0.25) is 9.59 Å². The van der Waals surface area contributed by atoms with Crippen molar-refractivity contribution in [3.05, 3.63) is 0 Å². The zero-order chi connectivity index (χ0) is 13.1. The number of ether oxygens (including phenoxy) is 2. The van der Waals surface area contributed by atoms with Crippen LogP contribution in [-0.4, -0.2) is 25.2 Å². The van der Waals surface area contributed by atoms with Gasteiger partial charge in [0.2, 0.25) is 0 Å². The van der Waals surface area contributed by atoms with Crippen LogP contribution >= 0.6 is 0 Å². The molecule has 2 aliphatic carbocycles. The molecule has 2 saturated carbocycles. The van der Waals surface area contributed by atoms with E-state index >= 15 is 0 Å². The van der Waals surface area contributed by atoms with Gasteiger partial charge in [-0.15, -0.1) is 0 Å². The summed E-state index contributed by atoms with van der Waals surface area (Å²) in [5, 5.41) is 0. The van der Waals surface area contributed by atoms with Gasteiger partial charge in [-0.2, -0.15) is 0 Å². The molecule has 0 amide bonds. The first-order chi connectivity index (χ1) is 8.60. The van der Waals surface area contributed by atoms with Gasteiger partial charge in [0.1, 0.15) is 6.10 Å². The fraction of sp³-hybridized carbons (Fsp3) is 0.857. The molecule has 0 aromatic heterocycles. The van der Waals surface area contributed by atoms with Crippen molar-refractivity contribution in [2.24, 2.45) is 17.8 Å². The van der Waals surface area contributed by atoms with Crippen LogP contribution in [-0.2, 0) is 19.1 Å². The number of carbonyl (C=O) groups excluding carboxylic acids is 2. The van der Waals surface area contributed by atoms with Gasteiger partial charge in [0.05, 0.1) is 13.0 Å². The van der Waals surface area contributed by atoms with Crippen LogP contribution < -0.4 is 0 Å². The number of rotatable bonds is 2. The van der Waals surface area contributed by atoms with Crippen LogP contribution in [0.5, 0.6) is 0 Å². The Kier molecular flexibility index (Phi) is 4.25. The van der Waals surface area contributed by atoms with Crippen molar-refractivity contribution in [2.45, 2.75) is 51.6 Å². The lowest BCUT2D eigenvalue weighted by atomic mass is 9.67. The summed E-state index contributed by atoms with van der Waals surface area (Å²) in [4.78, 5) is 22.5. The van der Waals surface area contributed by atoms with E-state index in [-0.39, 0.29) is 24.0 Å². The van der Waals surface area contributed by atoms with Crippen LogP contribution in [0.3, 0.4) is 0 Å². The molecule has 2 rings (SSSR count). The third-order valence-corrected chi connectivity index (χ3v) is 4.43. The Morgan fingerprint density at radius 3 is 2.33 bits per heavy atom. The van der Waals surface area contributed by atoms with Gasteiger partial charge in [-0.1, -0.05) is 0 Å². The number of carbonyl (C=O) groups is 2. The van der Waals surface area contributed by atoms with E-state index in [9.17, 15) is 9.59 Å². The van der Waals surface area contributed by atoms with Gasteiger partial charge in [0.15, 0.2) is 0 Å². The maximum Gasteiger partial charge on any atom is 0.308 e. The van der Waals surface area contributed by atoms with E-state index in [1.807, 2.05) is 0 Å². The summed E-state index contributed by atoms with van der Waals surface area (Å²) in [6, 6.07) is 0. The van der Waals surface area contributed by atoms with Crippen LogP contribution in [0.1, 0.15) is 45.4 Å². The van der Waals surface area contributed by atoms with E-state index in [4.69, 9.17) is 9.47 Å². The smallest absolute Gasteiger partial charge is 0.308 e. The molecule has 2 unspecified atom stereocenters. The number of fused-ring (bicyclic) bond motifs is 1. The van der Waals surface area contributed by atoms with Gasteiger partial charge in [0, 0.05) is 6.92 Å². The molecule has 0 bridgehead atoms. The number of methoxy groups -OCH3 is 1. The molecule has 2 aliphatic rings. The third kappa shape index (κ3) is 3.03. The molecule has 0 saturated heterocycles. The fourth-order valence-corrected chi connectivity index (χ4v) is 3.57. The Bertz CT molecular complexity index is 326. The second kappa shape index (κ2) is 5.72. The highest BCUT2D eigenvalue weighted by Crippen LogP contribution is 2.43. The van der Waals surface area contributed by atoms with E-state index in [2.05, 4.69) is 0 Å². The van der Waals surface area contributed by atoms with Gasteiger partial charge in [-0.25, -0.2) is 0 Å². The Balaban J connectivity index is 1.87. The standard InChI is InChI=1S/C14H22O4/c1-9(15)18-13-6-5-10-7-12(14(16)17-2)4-3-11(10)8-13/h10-13H,3-8H2,1-2H3/t10?,11?,12-,13+/m1/s1. The lowest BCUT2D eigenvalue weighted by Crippen LogP contribution is -2.36. The van der Waals surface area contributed by atoms with Crippen LogP contribution in [0.25, 0.3) is 0 Å². The molecule has 18 heavy (non-hydrogen) atoms. The summed E-state index contributed by atoms with van der Waals surface area (Å²) in [6.07, 6.45) is 5.99. The molecule has 0 heterocycles. The Morgan fingerprint density at radius 1 is 1.00 bits per heavy atom. The minimum absolute atomic E-state index is 0.0597. The monoisotopic (exact) mass is 254 g/mol. The molecular formula is C14H22O4. The molecule has 4 atom stereocenters. The first-order valence-electron chi connectivity index (χ1n) is 6.85. The van der Waals surface area contributed by atoms with Gasteiger partial charge in [0.25, 0.3) is 0 Å². The number of hydrogen-bond donors (Lipinski definition) is 0. The minimum atomic E-state index is -0.179. The molecule has 4 nitrogen and oxygen atoms in total. The molecule has 0 aliphatic heterocycles. The third-order valence-electron chi connectivity index (χ3n) is 4.43. The van der Waals surface area contributed by atoms with Crippen molar-refractivity contribution in [2.75, 3.05) is 7.11 Å². The predicted octanol–water partition coefficient (Wildman–Crippen LogP) is 2.31. The molecule has 4 heteroatoms. The summed E-state index contributed by atoms with van der Waals surface area (Å²) in [5.74, 6) is 1.07. The summed E-state index contributed by atoms with van der Waals surface area (Å²) < 4.78 is 10.1. The summed E-state index contributed by atoms with van der Waals surface area (Å²) >= 11 is 0. The first kappa shape index (κ1) is 13.4. The van der Waals surface area contributed by atoms with E-state index in [0.29, 0.717) is 11.8 Å². The topological polar surface area (TPSA) is 52.6 Å². The molecule has 2 fully saturated rings. The van der Waals surface area contributed by atoms with Crippen LogP contribution in [0.2, 0.25) is 0 Å². The molecule has 0 radical (unpaired) electrons. The largest absolute Gasteiger partial charge is 0.469 e. The van der Waals surface area contributed by atoms with Gasteiger partial charge >= 0.3 is 11.9 Å². The van der Waals surface area contributed by atoms with Crippen LogP contribution in [0.15, 0.2) is 0 Å². The van der Waals surface area contributed by atoms with Crippen molar-refractivity contribution < 1.29 is 19.1 Å². The maximum absolute atomic E-state index is 11.6. The molecule has 0 aromatic carbocycles. The van der Waals surface area contributed by atoms with E-state index < -0.39 is 0 Å². The zero-order valence-electron chi connectivity index (χ0n) is 11.2. The summed E-state index contributed by atoms with van der Waals surface area (Å²) in [5.41, 5.74) is 0. The van der Waals surface area contributed by atoms with Gasteiger partial charge < -0.3 is 9.47 Å². The molecule has 102 valence electrons. The lowest BCUT2D eigenvalue weighted by Gasteiger charge is -2.40. The molecular weight excluding hydrogens is 232 g/mol. The molecule has 0 aromatic rings. The van der Waals surface area contributed by atoms with Crippen molar-refractivity contribution in [3.8, 4) is 0 Å². The maximum atomic E-state index is 11.6. The second-order valence-corrected chi connectivity index (χ2v) is 5.60. The SMILES string of the molecule is COC(=O)[C@@H]1CCC2C[C@@H](OC(C)=O)CCC2C1. The van der Waals surface area contributed by atoms with Crippen LogP contribution in [0, 0.1) is 17.8 Å². The van der Waals surface area contributed by atoms with Crippen molar-refractivity contribution in [1.29, 1.82) is 0 Å². The van der Waals surface area contributed by atoms with Crippen molar-refractivity contribution in [1.82, 2.24) is 0 Å². The summed E-state index contributed by atoms with van der Waals surface area (Å²) in [6.45, 7) is 1.47. The summed E-state index contributed by atoms with van der Waals surface area (Å²) in [7, 11) is 1.46. The average Bonchev–Trinajstić information content (AvgIpc) is 2.36.